The number of nitrogens with zero attached hydrogens (tertiary/aromatic N) is 2. The second kappa shape index (κ2) is 8.09. The molecule has 0 saturated heterocycles. The van der Waals surface area contributed by atoms with E-state index in [4.69, 9.17) is 0 Å². The molecule has 2 nitrogen and oxygen atoms in total. The zero-order valence-electron chi connectivity index (χ0n) is 10.7. The number of hydrogen-bond acceptors (Lipinski definition) is 3. The van der Waals surface area contributed by atoms with E-state index in [0.29, 0.717) is 5.41 Å². The smallest absolute Gasteiger partial charge is 0.187 e. The van der Waals surface area contributed by atoms with Crippen LogP contribution in [0.15, 0.2) is 23.6 Å². The van der Waals surface area contributed by atoms with Crippen molar-refractivity contribution in [2.75, 3.05) is 11.1 Å². The van der Waals surface area contributed by atoms with Gasteiger partial charge in [0.15, 0.2) is 5.16 Å². The summed E-state index contributed by atoms with van der Waals surface area (Å²) in [6.45, 7) is 4.52. The molecule has 1 heterocycles. The fraction of sp³-hybridized carbons (Fsp3) is 0.692. The topological polar surface area (TPSA) is 25.8 Å². The second-order valence-electron chi connectivity index (χ2n) is 4.45. The van der Waals surface area contributed by atoms with Crippen molar-refractivity contribution >= 4 is 27.7 Å². The van der Waals surface area contributed by atoms with Crippen LogP contribution in [0.1, 0.15) is 39.5 Å². The second-order valence-corrected chi connectivity index (χ2v) is 5.96. The van der Waals surface area contributed by atoms with Crippen molar-refractivity contribution in [3.63, 3.8) is 0 Å². The molecule has 0 aliphatic carbocycles. The van der Waals surface area contributed by atoms with E-state index in [1.165, 1.54) is 25.7 Å². The maximum absolute atomic E-state index is 4.27. The van der Waals surface area contributed by atoms with E-state index in [9.17, 15) is 0 Å². The molecule has 4 heteroatoms. The average Bonchev–Trinajstić information content (AvgIpc) is 2.38. The minimum Gasteiger partial charge on any atom is -0.231 e. The van der Waals surface area contributed by atoms with Gasteiger partial charge in [0.05, 0.1) is 0 Å². The fourth-order valence-electron chi connectivity index (χ4n) is 2.08. The minimum atomic E-state index is 0.396. The van der Waals surface area contributed by atoms with Crippen molar-refractivity contribution in [3.8, 4) is 0 Å². The molecule has 1 aromatic rings. The van der Waals surface area contributed by atoms with Crippen molar-refractivity contribution in [1.82, 2.24) is 9.97 Å². The predicted molar refractivity (Wildman–Crippen MR) is 78.8 cm³/mol. The highest BCUT2D eigenvalue weighted by atomic mass is 79.9. The summed E-state index contributed by atoms with van der Waals surface area (Å²) in [5, 5.41) is 1.96. The Bertz CT molecular complexity index is 300. The molecule has 0 bridgehead atoms. The molecular formula is C13H21BrN2S. The Labute approximate surface area is 117 Å². The Morgan fingerprint density at radius 2 is 1.76 bits per heavy atom. The number of hydrogen-bond donors (Lipinski definition) is 0. The standard InChI is InChI=1S/C13H21BrN2S/c1-3-6-13(10-14,7-4-2)11-17-12-15-8-5-9-16-12/h5,8-9H,3-4,6-7,10-11H2,1-2H3. The Morgan fingerprint density at radius 1 is 1.18 bits per heavy atom. The number of rotatable bonds is 8. The lowest BCUT2D eigenvalue weighted by atomic mass is 9.83. The highest BCUT2D eigenvalue weighted by Crippen LogP contribution is 2.36. The molecule has 0 amide bonds. The molecule has 0 aliphatic rings. The van der Waals surface area contributed by atoms with Crippen molar-refractivity contribution in [1.29, 1.82) is 0 Å². The quantitative estimate of drug-likeness (QED) is 0.400. The van der Waals surface area contributed by atoms with Crippen LogP contribution >= 0.6 is 27.7 Å². The Balaban J connectivity index is 2.59. The molecule has 0 fully saturated rings. The summed E-state index contributed by atoms with van der Waals surface area (Å²) < 4.78 is 0. The van der Waals surface area contributed by atoms with Crippen molar-refractivity contribution < 1.29 is 0 Å². The van der Waals surface area contributed by atoms with Gasteiger partial charge in [-0.2, -0.15) is 0 Å². The van der Waals surface area contributed by atoms with Gasteiger partial charge in [0.2, 0.25) is 0 Å². The molecule has 0 atom stereocenters. The van der Waals surface area contributed by atoms with E-state index < -0.39 is 0 Å². The van der Waals surface area contributed by atoms with E-state index >= 15 is 0 Å². The van der Waals surface area contributed by atoms with E-state index in [0.717, 1.165) is 16.2 Å². The molecule has 0 radical (unpaired) electrons. The first-order chi connectivity index (χ1) is 8.26. The molecular weight excluding hydrogens is 296 g/mol. The normalized spacial score (nSPS) is 11.7. The molecule has 0 aromatic carbocycles. The molecule has 0 spiro atoms. The van der Waals surface area contributed by atoms with Crippen LogP contribution in [0.5, 0.6) is 0 Å². The molecule has 0 aliphatic heterocycles. The van der Waals surface area contributed by atoms with E-state index in [2.05, 4.69) is 39.7 Å². The largest absolute Gasteiger partial charge is 0.231 e. The highest BCUT2D eigenvalue weighted by molar-refractivity contribution is 9.09. The lowest BCUT2D eigenvalue weighted by molar-refractivity contribution is 0.320. The first kappa shape index (κ1) is 15.0. The van der Waals surface area contributed by atoms with Gasteiger partial charge in [-0.15, -0.1) is 0 Å². The number of aromatic nitrogens is 2. The van der Waals surface area contributed by atoms with Gasteiger partial charge in [-0.1, -0.05) is 54.4 Å². The van der Waals surface area contributed by atoms with Crippen molar-refractivity contribution in [2.24, 2.45) is 5.41 Å². The van der Waals surface area contributed by atoms with Crippen LogP contribution in [0.3, 0.4) is 0 Å². The number of halogens is 1. The maximum atomic E-state index is 4.27. The van der Waals surface area contributed by atoms with Crippen LogP contribution in [-0.4, -0.2) is 21.1 Å². The van der Waals surface area contributed by atoms with Crippen LogP contribution in [0.25, 0.3) is 0 Å². The zero-order valence-corrected chi connectivity index (χ0v) is 13.1. The summed E-state index contributed by atoms with van der Waals surface area (Å²) >= 11 is 5.47. The van der Waals surface area contributed by atoms with Crippen molar-refractivity contribution in [2.45, 2.75) is 44.7 Å². The SMILES string of the molecule is CCCC(CBr)(CCC)CSc1ncccn1. The Morgan fingerprint density at radius 3 is 2.24 bits per heavy atom. The molecule has 0 unspecified atom stereocenters. The van der Waals surface area contributed by atoms with Gasteiger partial charge < -0.3 is 0 Å². The van der Waals surface area contributed by atoms with E-state index in [1.807, 2.05) is 18.5 Å². The highest BCUT2D eigenvalue weighted by Gasteiger charge is 2.27. The monoisotopic (exact) mass is 316 g/mol. The van der Waals surface area contributed by atoms with Gasteiger partial charge in [0.1, 0.15) is 0 Å². The van der Waals surface area contributed by atoms with E-state index in [1.54, 1.807) is 11.8 Å². The van der Waals surface area contributed by atoms with Gasteiger partial charge in [-0.3, -0.25) is 0 Å². The first-order valence-electron chi connectivity index (χ1n) is 6.22. The predicted octanol–water partition coefficient (Wildman–Crippen LogP) is 4.55. The molecule has 0 N–H and O–H groups in total. The van der Waals surface area contributed by atoms with Crippen LogP contribution in [-0.2, 0) is 0 Å². The summed E-state index contributed by atoms with van der Waals surface area (Å²) in [5.74, 6) is 1.10. The molecule has 0 saturated carbocycles. The average molecular weight is 317 g/mol. The summed E-state index contributed by atoms with van der Waals surface area (Å²) in [5.41, 5.74) is 0.396. The van der Waals surface area contributed by atoms with Gasteiger partial charge in [0.25, 0.3) is 0 Å². The third kappa shape index (κ3) is 4.96. The summed E-state index contributed by atoms with van der Waals surface area (Å²) in [4.78, 5) is 8.55. The van der Waals surface area contributed by atoms with Crippen molar-refractivity contribution in [3.05, 3.63) is 18.5 Å². The minimum absolute atomic E-state index is 0.396. The van der Waals surface area contributed by atoms with Crippen LogP contribution in [0.2, 0.25) is 0 Å². The summed E-state index contributed by atoms with van der Waals surface area (Å²) in [6, 6.07) is 1.86. The fourth-order valence-corrected chi connectivity index (χ4v) is 4.20. The summed E-state index contributed by atoms with van der Waals surface area (Å²) in [6.07, 6.45) is 8.64. The lowest BCUT2D eigenvalue weighted by Crippen LogP contribution is -2.25. The molecule has 17 heavy (non-hydrogen) atoms. The van der Waals surface area contributed by atoms with Crippen LogP contribution < -0.4 is 0 Å². The van der Waals surface area contributed by atoms with Gasteiger partial charge in [-0.25, -0.2) is 9.97 Å². The Hall–Kier alpha value is -0.0900. The van der Waals surface area contributed by atoms with Crippen LogP contribution in [0.4, 0.5) is 0 Å². The number of thioether (sulfide) groups is 1. The lowest BCUT2D eigenvalue weighted by Gasteiger charge is -2.31. The van der Waals surface area contributed by atoms with Gasteiger partial charge >= 0.3 is 0 Å². The first-order valence-corrected chi connectivity index (χ1v) is 8.33. The molecule has 1 rings (SSSR count). The Kier molecular flexibility index (Phi) is 7.12. The molecule has 1 aromatic heterocycles. The van der Waals surface area contributed by atoms with E-state index in [-0.39, 0.29) is 0 Å². The van der Waals surface area contributed by atoms with Gasteiger partial charge in [0, 0.05) is 23.5 Å². The third-order valence-electron chi connectivity index (χ3n) is 2.89. The third-order valence-corrected chi connectivity index (χ3v) is 5.31. The van der Waals surface area contributed by atoms with Crippen LogP contribution in [0, 0.1) is 5.41 Å². The molecule has 96 valence electrons. The summed E-state index contributed by atoms with van der Waals surface area (Å²) in [7, 11) is 0. The number of alkyl halides is 1. The zero-order chi connectivity index (χ0) is 12.6. The maximum Gasteiger partial charge on any atom is 0.187 e. The van der Waals surface area contributed by atoms with Gasteiger partial charge in [-0.05, 0) is 24.3 Å².